The monoisotopic (exact) mass is 428 g/mol. The minimum absolute atomic E-state index is 0.133. The second kappa shape index (κ2) is 8.63. The highest BCUT2D eigenvalue weighted by Gasteiger charge is 2.27. The number of hydrogen-bond acceptors (Lipinski definition) is 5. The SMILES string of the molecule is COc1ccccc1NC(=O)N1CCN(C2=Nc3ccccc3Oc3ccccc32)CC1. The minimum atomic E-state index is -0.133. The van der Waals surface area contributed by atoms with Gasteiger partial charge in [0.05, 0.1) is 18.4 Å². The summed E-state index contributed by atoms with van der Waals surface area (Å²) < 4.78 is 11.5. The van der Waals surface area contributed by atoms with E-state index < -0.39 is 0 Å². The van der Waals surface area contributed by atoms with Gasteiger partial charge in [-0.2, -0.15) is 0 Å². The third kappa shape index (κ3) is 3.85. The Labute approximate surface area is 186 Å². The minimum Gasteiger partial charge on any atom is -0.495 e. The number of urea groups is 1. The molecule has 1 saturated heterocycles. The van der Waals surface area contributed by atoms with Crippen LogP contribution in [0, 0.1) is 0 Å². The van der Waals surface area contributed by atoms with Gasteiger partial charge < -0.3 is 24.6 Å². The number of amidine groups is 1. The topological polar surface area (TPSA) is 66.4 Å². The van der Waals surface area contributed by atoms with E-state index in [1.165, 1.54) is 0 Å². The molecule has 32 heavy (non-hydrogen) atoms. The van der Waals surface area contributed by atoms with Crippen LogP contribution in [0.2, 0.25) is 0 Å². The average molecular weight is 428 g/mol. The van der Waals surface area contributed by atoms with Crippen LogP contribution in [0.4, 0.5) is 16.2 Å². The van der Waals surface area contributed by atoms with Crippen molar-refractivity contribution in [3.05, 3.63) is 78.4 Å². The number of nitrogens with zero attached hydrogens (tertiary/aromatic N) is 3. The number of carbonyl (C=O) groups excluding carboxylic acids is 1. The zero-order chi connectivity index (χ0) is 21.9. The fourth-order valence-corrected chi connectivity index (χ4v) is 3.97. The lowest BCUT2D eigenvalue weighted by atomic mass is 10.1. The summed E-state index contributed by atoms with van der Waals surface area (Å²) in [5.74, 6) is 3.04. The fourth-order valence-electron chi connectivity index (χ4n) is 3.97. The maximum Gasteiger partial charge on any atom is 0.322 e. The van der Waals surface area contributed by atoms with E-state index in [0.29, 0.717) is 37.6 Å². The van der Waals surface area contributed by atoms with Crippen LogP contribution in [-0.2, 0) is 0 Å². The third-order valence-electron chi connectivity index (χ3n) is 5.65. The van der Waals surface area contributed by atoms with Gasteiger partial charge in [0, 0.05) is 26.2 Å². The van der Waals surface area contributed by atoms with Crippen molar-refractivity contribution >= 4 is 23.2 Å². The van der Waals surface area contributed by atoms with Gasteiger partial charge in [0.15, 0.2) is 5.75 Å². The van der Waals surface area contributed by atoms with Gasteiger partial charge in [-0.3, -0.25) is 0 Å². The van der Waals surface area contributed by atoms with Gasteiger partial charge in [0.1, 0.15) is 23.0 Å². The number of methoxy groups -OCH3 is 1. The lowest BCUT2D eigenvalue weighted by Crippen LogP contribution is -2.51. The van der Waals surface area contributed by atoms with E-state index in [9.17, 15) is 4.79 Å². The summed E-state index contributed by atoms with van der Waals surface area (Å²) in [5, 5.41) is 2.96. The first-order valence-electron chi connectivity index (χ1n) is 10.6. The molecule has 2 amide bonds. The molecule has 7 heteroatoms. The van der Waals surface area contributed by atoms with E-state index in [2.05, 4.69) is 10.2 Å². The van der Waals surface area contributed by atoms with E-state index in [0.717, 1.165) is 28.6 Å². The van der Waals surface area contributed by atoms with Gasteiger partial charge in [0.25, 0.3) is 0 Å². The number of carbonyl (C=O) groups is 1. The number of aliphatic imine (C=N–C) groups is 1. The quantitative estimate of drug-likeness (QED) is 0.641. The average Bonchev–Trinajstić information content (AvgIpc) is 3.01. The Balaban J connectivity index is 1.33. The Morgan fingerprint density at radius 1 is 0.906 bits per heavy atom. The maximum atomic E-state index is 12.8. The molecule has 0 aromatic heterocycles. The van der Waals surface area contributed by atoms with Crippen LogP contribution >= 0.6 is 0 Å². The van der Waals surface area contributed by atoms with Gasteiger partial charge in [-0.25, -0.2) is 9.79 Å². The molecule has 3 aromatic rings. The molecule has 0 saturated carbocycles. The van der Waals surface area contributed by atoms with Crippen molar-refractivity contribution in [3.8, 4) is 17.2 Å². The van der Waals surface area contributed by atoms with Crippen molar-refractivity contribution in [2.45, 2.75) is 0 Å². The number of ether oxygens (including phenoxy) is 2. The van der Waals surface area contributed by atoms with E-state index in [4.69, 9.17) is 14.5 Å². The smallest absolute Gasteiger partial charge is 0.322 e. The number of hydrogen-bond donors (Lipinski definition) is 1. The van der Waals surface area contributed by atoms with Crippen molar-refractivity contribution < 1.29 is 14.3 Å². The summed E-state index contributed by atoms with van der Waals surface area (Å²) in [4.78, 5) is 21.8. The standard InChI is InChI=1S/C25H24N4O3/c1-31-22-12-6-3-9-19(22)27-25(30)29-16-14-28(15-17-29)24-18-8-2-5-11-21(18)32-23-13-7-4-10-20(23)26-24/h2-13H,14-17H2,1H3,(H,27,30). The Morgan fingerprint density at radius 2 is 1.59 bits per heavy atom. The molecule has 0 radical (unpaired) electrons. The van der Waals surface area contributed by atoms with Crippen LogP contribution in [0.5, 0.6) is 17.2 Å². The van der Waals surface area contributed by atoms with Gasteiger partial charge in [-0.1, -0.05) is 36.4 Å². The molecule has 1 fully saturated rings. The number of nitrogens with one attached hydrogen (secondary N) is 1. The summed E-state index contributed by atoms with van der Waals surface area (Å²) in [6.07, 6.45) is 0. The molecule has 0 aliphatic carbocycles. The molecule has 3 aromatic carbocycles. The summed E-state index contributed by atoms with van der Waals surface area (Å²) in [6.45, 7) is 2.53. The van der Waals surface area contributed by atoms with Crippen molar-refractivity contribution in [1.82, 2.24) is 9.80 Å². The third-order valence-corrected chi connectivity index (χ3v) is 5.65. The lowest BCUT2D eigenvalue weighted by Gasteiger charge is -2.36. The second-order valence-electron chi connectivity index (χ2n) is 7.61. The number of piperazine rings is 1. The van der Waals surface area contributed by atoms with E-state index in [-0.39, 0.29) is 6.03 Å². The lowest BCUT2D eigenvalue weighted by molar-refractivity contribution is 0.181. The first-order valence-corrected chi connectivity index (χ1v) is 10.6. The van der Waals surface area contributed by atoms with Crippen LogP contribution in [-0.4, -0.2) is 55.0 Å². The van der Waals surface area contributed by atoms with Crippen LogP contribution in [0.15, 0.2) is 77.8 Å². The number of para-hydroxylation sites is 5. The Morgan fingerprint density at radius 3 is 2.41 bits per heavy atom. The molecule has 0 unspecified atom stereocenters. The van der Waals surface area contributed by atoms with Crippen LogP contribution in [0.25, 0.3) is 0 Å². The molecular weight excluding hydrogens is 404 g/mol. The van der Waals surface area contributed by atoms with E-state index in [1.807, 2.05) is 77.7 Å². The van der Waals surface area contributed by atoms with Gasteiger partial charge >= 0.3 is 6.03 Å². The highest BCUT2D eigenvalue weighted by atomic mass is 16.5. The highest BCUT2D eigenvalue weighted by Crippen LogP contribution is 2.38. The first-order chi connectivity index (χ1) is 15.7. The van der Waals surface area contributed by atoms with Crippen molar-refractivity contribution in [2.24, 2.45) is 4.99 Å². The molecular formula is C25H24N4O3. The van der Waals surface area contributed by atoms with Gasteiger partial charge in [-0.15, -0.1) is 0 Å². The zero-order valence-corrected chi connectivity index (χ0v) is 17.8. The van der Waals surface area contributed by atoms with E-state index >= 15 is 0 Å². The predicted molar refractivity (Wildman–Crippen MR) is 124 cm³/mol. The summed E-state index contributed by atoms with van der Waals surface area (Å²) in [5.41, 5.74) is 2.42. The molecule has 0 atom stereocenters. The number of rotatable bonds is 2. The first kappa shape index (κ1) is 19.9. The Hall–Kier alpha value is -4.00. The van der Waals surface area contributed by atoms with Crippen molar-refractivity contribution in [1.29, 1.82) is 0 Å². The number of fused-ring (bicyclic) bond motifs is 2. The normalized spacial score (nSPS) is 15.0. The molecule has 2 aliphatic rings. The molecule has 0 spiro atoms. The number of benzene rings is 3. The van der Waals surface area contributed by atoms with Crippen LogP contribution in [0.3, 0.4) is 0 Å². The summed E-state index contributed by atoms with van der Waals surface area (Å²) in [7, 11) is 1.59. The molecule has 5 rings (SSSR count). The molecule has 0 bridgehead atoms. The van der Waals surface area contributed by atoms with E-state index in [1.54, 1.807) is 7.11 Å². The number of amides is 2. The Bertz CT molecular complexity index is 1170. The fraction of sp³-hybridized carbons (Fsp3) is 0.200. The molecule has 2 heterocycles. The maximum absolute atomic E-state index is 12.8. The van der Waals surface area contributed by atoms with Crippen molar-refractivity contribution in [3.63, 3.8) is 0 Å². The van der Waals surface area contributed by atoms with Crippen molar-refractivity contribution in [2.75, 3.05) is 38.6 Å². The largest absolute Gasteiger partial charge is 0.495 e. The van der Waals surface area contributed by atoms with Crippen LogP contribution < -0.4 is 14.8 Å². The molecule has 1 N–H and O–H groups in total. The summed E-state index contributed by atoms with van der Waals surface area (Å²) >= 11 is 0. The molecule has 162 valence electrons. The highest BCUT2D eigenvalue weighted by molar-refractivity contribution is 6.04. The summed E-state index contributed by atoms with van der Waals surface area (Å²) in [6, 6.07) is 23.0. The second-order valence-corrected chi connectivity index (χ2v) is 7.61. The molecule has 2 aliphatic heterocycles. The number of anilines is 1. The molecule has 7 nitrogen and oxygen atoms in total. The van der Waals surface area contributed by atoms with Gasteiger partial charge in [-0.05, 0) is 36.4 Å². The Kier molecular flexibility index (Phi) is 5.37. The van der Waals surface area contributed by atoms with Crippen LogP contribution in [0.1, 0.15) is 5.56 Å². The predicted octanol–water partition coefficient (Wildman–Crippen LogP) is 4.73. The zero-order valence-electron chi connectivity index (χ0n) is 17.8. The van der Waals surface area contributed by atoms with Gasteiger partial charge in [0.2, 0.25) is 0 Å².